The Labute approximate surface area is 128 Å². The number of nitrogens with zero attached hydrogens (tertiary/aromatic N) is 1. The van der Waals surface area contributed by atoms with Crippen LogP contribution in [-0.4, -0.2) is 29.5 Å². The summed E-state index contributed by atoms with van der Waals surface area (Å²) in [5, 5.41) is 0. The number of aryl methyl sites for hydroxylation is 1. The maximum absolute atomic E-state index is 5.85. The predicted octanol–water partition coefficient (Wildman–Crippen LogP) is 3.40. The van der Waals surface area contributed by atoms with Gasteiger partial charge in [-0.3, -0.25) is 0 Å². The van der Waals surface area contributed by atoms with Gasteiger partial charge >= 0.3 is 0 Å². The highest BCUT2D eigenvalue weighted by Gasteiger charge is 2.32. The molecule has 0 aliphatic carbocycles. The van der Waals surface area contributed by atoms with Crippen LogP contribution < -0.4 is 5.73 Å². The second-order valence-corrected chi connectivity index (χ2v) is 6.65. The molecule has 1 fully saturated rings. The zero-order valence-corrected chi connectivity index (χ0v) is 13.3. The molecule has 0 atom stereocenters. The average Bonchev–Trinajstić information content (AvgIpc) is 2.46. The smallest absolute Gasteiger partial charge is 0.0788 e. The van der Waals surface area contributed by atoms with E-state index in [1.807, 2.05) is 0 Å². The Hall–Kier alpha value is -0.930. The van der Waals surface area contributed by atoms with Crippen molar-refractivity contribution in [1.29, 1.82) is 0 Å². The van der Waals surface area contributed by atoms with Gasteiger partial charge in [0.05, 0.1) is 4.99 Å². The highest BCUT2D eigenvalue weighted by atomic mass is 32.1. The third kappa shape index (κ3) is 4.29. The third-order valence-electron chi connectivity index (χ3n) is 4.59. The molecule has 20 heavy (non-hydrogen) atoms. The lowest BCUT2D eigenvalue weighted by molar-refractivity contribution is 0.162. The van der Waals surface area contributed by atoms with Crippen molar-refractivity contribution >= 4 is 17.2 Å². The van der Waals surface area contributed by atoms with E-state index in [1.165, 1.54) is 31.4 Å². The molecule has 2 N–H and O–H groups in total. The first-order valence-corrected chi connectivity index (χ1v) is 8.07. The Bertz CT molecular complexity index is 422. The van der Waals surface area contributed by atoms with Crippen LogP contribution in [0.5, 0.6) is 0 Å². The Morgan fingerprint density at radius 3 is 2.45 bits per heavy atom. The normalized spacial score (nSPS) is 18.9. The van der Waals surface area contributed by atoms with Gasteiger partial charge in [-0.2, -0.15) is 0 Å². The first-order valence-electron chi connectivity index (χ1n) is 7.66. The van der Waals surface area contributed by atoms with Crippen LogP contribution in [0, 0.1) is 5.41 Å². The van der Waals surface area contributed by atoms with Gasteiger partial charge in [-0.05, 0) is 57.3 Å². The largest absolute Gasteiger partial charge is 0.393 e. The van der Waals surface area contributed by atoms with E-state index >= 15 is 0 Å². The fraction of sp³-hybridized carbons (Fsp3) is 0.588. The highest BCUT2D eigenvalue weighted by Crippen LogP contribution is 2.31. The Morgan fingerprint density at radius 2 is 1.85 bits per heavy atom. The van der Waals surface area contributed by atoms with Gasteiger partial charge in [0.15, 0.2) is 0 Å². The van der Waals surface area contributed by atoms with E-state index in [0.29, 0.717) is 4.99 Å². The lowest BCUT2D eigenvalue weighted by Gasteiger charge is -2.38. The van der Waals surface area contributed by atoms with Gasteiger partial charge in [0.2, 0.25) is 0 Å². The van der Waals surface area contributed by atoms with E-state index in [2.05, 4.69) is 42.2 Å². The quantitative estimate of drug-likeness (QED) is 0.643. The topological polar surface area (TPSA) is 29.3 Å². The second-order valence-electron chi connectivity index (χ2n) is 6.21. The molecular weight excluding hydrogens is 264 g/mol. The number of nitrogens with two attached hydrogens (primary N) is 1. The van der Waals surface area contributed by atoms with Gasteiger partial charge in [-0.25, -0.2) is 0 Å². The van der Waals surface area contributed by atoms with Crippen LogP contribution in [0.2, 0.25) is 0 Å². The predicted molar refractivity (Wildman–Crippen MR) is 89.9 cm³/mol. The molecule has 0 saturated carbocycles. The van der Waals surface area contributed by atoms with Crippen LogP contribution in [0.15, 0.2) is 30.3 Å². The van der Waals surface area contributed by atoms with Gasteiger partial charge in [-0.15, -0.1) is 0 Å². The zero-order valence-electron chi connectivity index (χ0n) is 12.5. The Balaban J connectivity index is 1.63. The molecule has 110 valence electrons. The van der Waals surface area contributed by atoms with Crippen molar-refractivity contribution in [2.24, 2.45) is 11.1 Å². The van der Waals surface area contributed by atoms with Gasteiger partial charge in [0, 0.05) is 5.41 Å². The van der Waals surface area contributed by atoms with E-state index in [9.17, 15) is 0 Å². The Morgan fingerprint density at radius 1 is 1.20 bits per heavy atom. The maximum Gasteiger partial charge on any atom is 0.0788 e. The van der Waals surface area contributed by atoms with Crippen molar-refractivity contribution in [2.75, 3.05) is 19.6 Å². The molecule has 1 saturated heterocycles. The van der Waals surface area contributed by atoms with Crippen molar-refractivity contribution in [3.05, 3.63) is 35.9 Å². The zero-order chi connectivity index (χ0) is 14.4. The van der Waals surface area contributed by atoms with Crippen LogP contribution in [0.3, 0.4) is 0 Å². The van der Waals surface area contributed by atoms with Gasteiger partial charge < -0.3 is 10.6 Å². The molecule has 1 aromatic carbocycles. The van der Waals surface area contributed by atoms with Gasteiger partial charge in [0.1, 0.15) is 0 Å². The van der Waals surface area contributed by atoms with Crippen molar-refractivity contribution in [1.82, 2.24) is 4.90 Å². The van der Waals surface area contributed by atoms with Gasteiger partial charge in [-0.1, -0.05) is 49.5 Å². The minimum atomic E-state index is 0.0931. The van der Waals surface area contributed by atoms with E-state index < -0.39 is 0 Å². The SMILES string of the molecule is CC1(C(N)=S)CCN(CCCCc2ccccc2)CC1. The fourth-order valence-corrected chi connectivity index (χ4v) is 3.03. The lowest BCUT2D eigenvalue weighted by atomic mass is 9.80. The molecule has 2 rings (SSSR count). The minimum Gasteiger partial charge on any atom is -0.393 e. The van der Waals surface area contributed by atoms with E-state index in [0.717, 1.165) is 25.9 Å². The first kappa shape index (κ1) is 15.5. The number of rotatable bonds is 6. The number of likely N-dealkylation sites (tertiary alicyclic amines) is 1. The summed E-state index contributed by atoms with van der Waals surface area (Å²) in [6.07, 6.45) is 5.97. The molecule has 2 nitrogen and oxygen atoms in total. The van der Waals surface area contributed by atoms with Crippen LogP contribution in [0.25, 0.3) is 0 Å². The fourth-order valence-electron chi connectivity index (χ4n) is 2.83. The highest BCUT2D eigenvalue weighted by molar-refractivity contribution is 7.80. The summed E-state index contributed by atoms with van der Waals surface area (Å²) in [5.41, 5.74) is 7.39. The summed E-state index contributed by atoms with van der Waals surface area (Å²) in [6, 6.07) is 10.8. The average molecular weight is 290 g/mol. The number of hydrogen-bond acceptors (Lipinski definition) is 2. The number of thiocarbonyl (C=S) groups is 1. The number of benzene rings is 1. The van der Waals surface area contributed by atoms with Gasteiger partial charge in [0.25, 0.3) is 0 Å². The van der Waals surface area contributed by atoms with Crippen LogP contribution in [0.4, 0.5) is 0 Å². The molecule has 1 aliphatic heterocycles. The molecule has 0 radical (unpaired) electrons. The number of unbranched alkanes of at least 4 members (excludes halogenated alkanes) is 1. The molecule has 0 unspecified atom stereocenters. The lowest BCUT2D eigenvalue weighted by Crippen LogP contribution is -2.44. The van der Waals surface area contributed by atoms with E-state index in [-0.39, 0.29) is 5.41 Å². The van der Waals surface area contributed by atoms with E-state index in [4.69, 9.17) is 18.0 Å². The summed E-state index contributed by atoms with van der Waals surface area (Å²) in [5.74, 6) is 0. The van der Waals surface area contributed by atoms with Crippen molar-refractivity contribution in [3.63, 3.8) is 0 Å². The number of piperidine rings is 1. The molecule has 0 spiro atoms. The monoisotopic (exact) mass is 290 g/mol. The molecule has 1 heterocycles. The summed E-state index contributed by atoms with van der Waals surface area (Å²) < 4.78 is 0. The summed E-state index contributed by atoms with van der Waals surface area (Å²) in [4.78, 5) is 3.26. The van der Waals surface area contributed by atoms with Crippen LogP contribution in [-0.2, 0) is 6.42 Å². The Kier molecular flexibility index (Phi) is 5.55. The summed E-state index contributed by atoms with van der Waals surface area (Å²) in [7, 11) is 0. The second kappa shape index (κ2) is 7.19. The molecular formula is C17H26N2S. The molecule has 0 bridgehead atoms. The number of hydrogen-bond donors (Lipinski definition) is 1. The van der Waals surface area contributed by atoms with Crippen LogP contribution in [0.1, 0.15) is 38.2 Å². The molecule has 1 aromatic rings. The van der Waals surface area contributed by atoms with Crippen LogP contribution >= 0.6 is 12.2 Å². The summed E-state index contributed by atoms with van der Waals surface area (Å²) >= 11 is 5.19. The summed E-state index contributed by atoms with van der Waals surface area (Å²) in [6.45, 7) is 5.70. The third-order valence-corrected chi connectivity index (χ3v) is 5.08. The van der Waals surface area contributed by atoms with Crippen molar-refractivity contribution in [2.45, 2.75) is 39.0 Å². The molecule has 0 amide bonds. The molecule has 3 heteroatoms. The van der Waals surface area contributed by atoms with Crippen molar-refractivity contribution in [3.8, 4) is 0 Å². The standard InChI is InChI=1S/C17H26N2S/c1-17(16(18)20)10-13-19(14-11-17)12-6-5-9-15-7-3-2-4-8-15/h2-4,7-8H,5-6,9-14H2,1H3,(H2,18,20). The minimum absolute atomic E-state index is 0.0931. The first-order chi connectivity index (χ1) is 9.60. The van der Waals surface area contributed by atoms with E-state index in [1.54, 1.807) is 0 Å². The van der Waals surface area contributed by atoms with Crippen molar-refractivity contribution < 1.29 is 0 Å². The molecule has 0 aromatic heterocycles. The maximum atomic E-state index is 5.85. The molecule has 1 aliphatic rings.